The Morgan fingerprint density at radius 3 is 2.92 bits per heavy atom. The summed E-state index contributed by atoms with van der Waals surface area (Å²) >= 11 is 0. The molecule has 6 heteroatoms. The number of nitrogens with one attached hydrogen (secondary N) is 1. The maximum Gasteiger partial charge on any atom is 0.254 e. The first-order valence-electron chi connectivity index (χ1n) is 8.86. The van der Waals surface area contributed by atoms with Crippen LogP contribution in [-0.2, 0) is 0 Å². The van der Waals surface area contributed by atoms with Crippen molar-refractivity contribution in [2.24, 2.45) is 0 Å². The number of rotatable bonds is 5. The highest BCUT2D eigenvalue weighted by atomic mass is 16.6. The van der Waals surface area contributed by atoms with Crippen molar-refractivity contribution in [2.75, 3.05) is 19.7 Å². The predicted molar refractivity (Wildman–Crippen MR) is 98.6 cm³/mol. The number of H-pyrrole nitrogens is 1. The fourth-order valence-corrected chi connectivity index (χ4v) is 3.27. The Balaban J connectivity index is 1.54. The first-order valence-corrected chi connectivity index (χ1v) is 8.86. The maximum absolute atomic E-state index is 13.2. The molecule has 0 aliphatic carbocycles. The van der Waals surface area contributed by atoms with Crippen molar-refractivity contribution in [1.82, 2.24) is 15.1 Å². The number of hydrogen-bond acceptors (Lipinski definition) is 4. The minimum absolute atomic E-state index is 0.0127. The fraction of sp³-hybridized carbons (Fsp3) is 0.300. The van der Waals surface area contributed by atoms with Gasteiger partial charge in [0.1, 0.15) is 6.61 Å². The Morgan fingerprint density at radius 2 is 2.08 bits per heavy atom. The third-order valence-corrected chi connectivity index (χ3v) is 4.49. The molecule has 1 N–H and O–H groups in total. The molecule has 1 aliphatic heterocycles. The van der Waals surface area contributed by atoms with Crippen LogP contribution >= 0.6 is 0 Å². The minimum Gasteiger partial charge on any atom is -0.486 e. The number of carbonyl (C=O) groups excluding carboxylic acids is 1. The van der Waals surface area contributed by atoms with E-state index in [2.05, 4.69) is 17.1 Å². The lowest BCUT2D eigenvalue weighted by atomic mass is 10.1. The molecule has 0 saturated carbocycles. The van der Waals surface area contributed by atoms with Gasteiger partial charge < -0.3 is 14.4 Å². The summed E-state index contributed by atoms with van der Waals surface area (Å²) in [7, 11) is 0. The number of hydrogen-bond donors (Lipinski definition) is 1. The van der Waals surface area contributed by atoms with Crippen LogP contribution in [0.4, 0.5) is 0 Å². The Hall–Kier alpha value is -3.02. The van der Waals surface area contributed by atoms with Crippen LogP contribution in [0.25, 0.3) is 10.9 Å². The summed E-state index contributed by atoms with van der Waals surface area (Å²) in [6, 6.07) is 13.2. The quantitative estimate of drug-likeness (QED) is 0.766. The summed E-state index contributed by atoms with van der Waals surface area (Å²) in [5, 5.41) is 7.80. The number of ether oxygens (including phenoxy) is 2. The first kappa shape index (κ1) is 16.4. The van der Waals surface area contributed by atoms with Gasteiger partial charge in [0.05, 0.1) is 23.8 Å². The first-order chi connectivity index (χ1) is 12.8. The Morgan fingerprint density at radius 1 is 1.23 bits per heavy atom. The van der Waals surface area contributed by atoms with Crippen LogP contribution in [0.1, 0.15) is 23.7 Å². The van der Waals surface area contributed by atoms with Crippen LogP contribution in [0.2, 0.25) is 0 Å². The van der Waals surface area contributed by atoms with E-state index in [9.17, 15) is 4.79 Å². The number of amides is 1. The molecule has 0 spiro atoms. The zero-order chi connectivity index (χ0) is 17.9. The SMILES string of the molecule is CCCN(C[C@@H]1COc2ccccc2O1)C(=O)c1cccc2[nH]ncc12. The van der Waals surface area contributed by atoms with E-state index in [0.717, 1.165) is 28.8 Å². The number of carbonyl (C=O) groups is 1. The van der Waals surface area contributed by atoms with E-state index in [0.29, 0.717) is 25.3 Å². The highest BCUT2D eigenvalue weighted by molar-refractivity contribution is 6.06. The van der Waals surface area contributed by atoms with Gasteiger partial charge in [-0.1, -0.05) is 25.1 Å². The second kappa shape index (κ2) is 7.07. The third-order valence-electron chi connectivity index (χ3n) is 4.49. The Bertz CT molecular complexity index is 921. The summed E-state index contributed by atoms with van der Waals surface area (Å²) in [6.45, 7) is 3.64. The number of benzene rings is 2. The molecular weight excluding hydrogens is 330 g/mol. The summed E-state index contributed by atoms with van der Waals surface area (Å²) in [5.74, 6) is 1.46. The van der Waals surface area contributed by atoms with Crippen LogP contribution in [0, 0.1) is 0 Å². The number of para-hydroxylation sites is 2. The van der Waals surface area contributed by atoms with E-state index in [1.165, 1.54) is 0 Å². The highest BCUT2D eigenvalue weighted by Crippen LogP contribution is 2.31. The van der Waals surface area contributed by atoms with Crippen LogP contribution < -0.4 is 9.47 Å². The van der Waals surface area contributed by atoms with Gasteiger partial charge in [-0.25, -0.2) is 0 Å². The fourth-order valence-electron chi connectivity index (χ4n) is 3.27. The van der Waals surface area contributed by atoms with E-state index < -0.39 is 0 Å². The molecule has 134 valence electrons. The zero-order valence-electron chi connectivity index (χ0n) is 14.6. The maximum atomic E-state index is 13.2. The molecule has 4 rings (SSSR count). The molecule has 1 aliphatic rings. The number of nitrogens with zero attached hydrogens (tertiary/aromatic N) is 2. The molecular formula is C20H21N3O3. The number of aromatic amines is 1. The summed E-state index contributed by atoms with van der Waals surface area (Å²) in [5.41, 5.74) is 1.51. The van der Waals surface area contributed by atoms with Crippen LogP contribution in [0.15, 0.2) is 48.7 Å². The van der Waals surface area contributed by atoms with Crippen molar-refractivity contribution in [1.29, 1.82) is 0 Å². The normalized spacial score (nSPS) is 15.8. The largest absolute Gasteiger partial charge is 0.486 e. The van der Waals surface area contributed by atoms with Crippen molar-refractivity contribution >= 4 is 16.8 Å². The lowest BCUT2D eigenvalue weighted by Gasteiger charge is -2.31. The average Bonchev–Trinajstić information content (AvgIpc) is 3.16. The topological polar surface area (TPSA) is 67.5 Å². The van der Waals surface area contributed by atoms with E-state index in [1.807, 2.05) is 47.4 Å². The molecule has 1 atom stereocenters. The molecule has 2 heterocycles. The van der Waals surface area contributed by atoms with Crippen molar-refractivity contribution in [3.05, 3.63) is 54.2 Å². The molecule has 6 nitrogen and oxygen atoms in total. The number of aromatic nitrogens is 2. The van der Waals surface area contributed by atoms with Gasteiger partial charge in [0.25, 0.3) is 5.91 Å². The second-order valence-electron chi connectivity index (χ2n) is 6.39. The molecule has 0 fully saturated rings. The summed E-state index contributed by atoms with van der Waals surface area (Å²) in [6.07, 6.45) is 2.38. The van der Waals surface area contributed by atoms with Crippen LogP contribution in [0.5, 0.6) is 11.5 Å². The monoisotopic (exact) mass is 351 g/mol. The minimum atomic E-state index is -0.191. The van der Waals surface area contributed by atoms with Gasteiger partial charge in [-0.3, -0.25) is 9.89 Å². The van der Waals surface area contributed by atoms with Crippen molar-refractivity contribution in [3.63, 3.8) is 0 Å². The smallest absolute Gasteiger partial charge is 0.254 e. The second-order valence-corrected chi connectivity index (χ2v) is 6.39. The van der Waals surface area contributed by atoms with Gasteiger partial charge >= 0.3 is 0 Å². The summed E-state index contributed by atoms with van der Waals surface area (Å²) < 4.78 is 11.8. The lowest BCUT2D eigenvalue weighted by molar-refractivity contribution is 0.0464. The molecule has 26 heavy (non-hydrogen) atoms. The van der Waals surface area contributed by atoms with Gasteiger partial charge in [-0.2, -0.15) is 5.10 Å². The van der Waals surface area contributed by atoms with Gasteiger partial charge in [-0.15, -0.1) is 0 Å². The highest BCUT2D eigenvalue weighted by Gasteiger charge is 2.26. The van der Waals surface area contributed by atoms with Gasteiger partial charge in [0.15, 0.2) is 17.6 Å². The molecule has 0 unspecified atom stereocenters. The van der Waals surface area contributed by atoms with E-state index in [1.54, 1.807) is 6.20 Å². The molecule has 2 aromatic carbocycles. The van der Waals surface area contributed by atoms with Gasteiger partial charge in [-0.05, 0) is 30.7 Å². The number of fused-ring (bicyclic) bond motifs is 2. The Kier molecular flexibility index (Phi) is 4.48. The molecule has 1 aromatic heterocycles. The van der Waals surface area contributed by atoms with Gasteiger partial charge in [0, 0.05) is 11.9 Å². The molecule has 3 aromatic rings. The standard InChI is InChI=1S/C20H21N3O3/c1-2-10-23(12-14-13-25-18-8-3-4-9-19(18)26-14)20(24)15-6-5-7-17-16(15)11-21-22-17/h3-9,11,14H,2,10,12-13H2,1H3,(H,21,22)/t14-/m1/s1. The van der Waals surface area contributed by atoms with Gasteiger partial charge in [0.2, 0.25) is 0 Å². The molecule has 0 saturated heterocycles. The summed E-state index contributed by atoms with van der Waals surface area (Å²) in [4.78, 5) is 15.0. The van der Waals surface area contributed by atoms with E-state index in [-0.39, 0.29) is 12.0 Å². The van der Waals surface area contributed by atoms with Crippen LogP contribution in [-0.4, -0.2) is 46.8 Å². The lowest BCUT2D eigenvalue weighted by Crippen LogP contribution is -2.44. The average molecular weight is 351 g/mol. The zero-order valence-corrected chi connectivity index (χ0v) is 14.6. The van der Waals surface area contributed by atoms with Crippen molar-refractivity contribution < 1.29 is 14.3 Å². The third kappa shape index (κ3) is 3.10. The molecule has 0 radical (unpaired) electrons. The molecule has 1 amide bonds. The molecule has 0 bridgehead atoms. The van der Waals surface area contributed by atoms with Crippen LogP contribution in [0.3, 0.4) is 0 Å². The van der Waals surface area contributed by atoms with Crippen molar-refractivity contribution in [2.45, 2.75) is 19.4 Å². The van der Waals surface area contributed by atoms with E-state index in [4.69, 9.17) is 9.47 Å². The Labute approximate surface area is 151 Å². The van der Waals surface area contributed by atoms with Crippen molar-refractivity contribution in [3.8, 4) is 11.5 Å². The van der Waals surface area contributed by atoms with E-state index >= 15 is 0 Å². The predicted octanol–water partition coefficient (Wildman–Crippen LogP) is 3.26.